The lowest BCUT2D eigenvalue weighted by molar-refractivity contribution is -0.117. The number of hydrogen-bond donors (Lipinski definition) is 4. The normalized spacial score (nSPS) is 18.2. The number of nitrogens with zero attached hydrogens (tertiary/aromatic N) is 4. The van der Waals surface area contributed by atoms with Gasteiger partial charge in [-0.2, -0.15) is 0 Å². The topological polar surface area (TPSA) is 106 Å². The molecule has 1 aromatic heterocycles. The summed E-state index contributed by atoms with van der Waals surface area (Å²) in [7, 11) is 0. The first-order valence-electron chi connectivity index (χ1n) is 12.6. The molecule has 4 N–H and O–H groups in total. The largest absolute Gasteiger partial charge is 0.395 e. The van der Waals surface area contributed by atoms with E-state index in [-0.39, 0.29) is 18.6 Å². The molecule has 1 amide bonds. The summed E-state index contributed by atoms with van der Waals surface area (Å²) in [5, 5.41) is 18.6. The molecule has 2 aliphatic heterocycles. The highest BCUT2D eigenvalue weighted by Crippen LogP contribution is 2.24. The van der Waals surface area contributed by atoms with Crippen molar-refractivity contribution >= 4 is 28.9 Å². The number of amides is 1. The Morgan fingerprint density at radius 1 is 1.00 bits per heavy atom. The lowest BCUT2D eigenvalue weighted by atomic mass is 10.1. The Kier molecular flexibility index (Phi) is 7.70. The van der Waals surface area contributed by atoms with Crippen LogP contribution in [0.5, 0.6) is 0 Å². The molecule has 9 heteroatoms. The standard InChI is InChI=1S/C27H33N7O2/c35-19-18-33-14-16-34(17-15-33)23-9-7-22(8-10-23)31-27-29-13-11-24(32-27)20-3-5-21(6-4-20)30-26(36)25-2-1-12-28-25/h3-11,13,25,28,35H,1-2,12,14-19H2,(H,30,36)(H,29,31,32)/t25-/m0/s1. The number of piperazine rings is 1. The molecule has 36 heavy (non-hydrogen) atoms. The van der Waals surface area contributed by atoms with Gasteiger partial charge in [0.1, 0.15) is 0 Å². The van der Waals surface area contributed by atoms with E-state index in [1.165, 1.54) is 5.69 Å². The molecule has 0 aliphatic carbocycles. The van der Waals surface area contributed by atoms with Gasteiger partial charge in [-0.3, -0.25) is 9.69 Å². The zero-order valence-electron chi connectivity index (χ0n) is 20.4. The molecule has 2 saturated heterocycles. The second kappa shape index (κ2) is 11.5. The number of β-amino-alcohol motifs (C(OH)–C–C–N with tert-alkyl or cyclic N) is 1. The van der Waals surface area contributed by atoms with Crippen LogP contribution in [0.4, 0.5) is 23.0 Å². The smallest absolute Gasteiger partial charge is 0.241 e. The number of aliphatic hydroxyl groups is 1. The molecule has 9 nitrogen and oxygen atoms in total. The molecule has 2 fully saturated rings. The molecule has 0 bridgehead atoms. The average molecular weight is 488 g/mol. The molecule has 3 heterocycles. The quantitative estimate of drug-likeness (QED) is 0.384. The summed E-state index contributed by atoms with van der Waals surface area (Å²) in [6, 6.07) is 17.8. The summed E-state index contributed by atoms with van der Waals surface area (Å²) in [6.07, 6.45) is 3.66. The van der Waals surface area contributed by atoms with Gasteiger partial charge in [0, 0.05) is 61.5 Å². The van der Waals surface area contributed by atoms with Gasteiger partial charge in [-0.05, 0) is 61.9 Å². The van der Waals surface area contributed by atoms with Gasteiger partial charge in [0.15, 0.2) is 0 Å². The van der Waals surface area contributed by atoms with Crippen molar-refractivity contribution in [3.8, 4) is 11.3 Å². The predicted octanol–water partition coefficient (Wildman–Crippen LogP) is 2.69. The third kappa shape index (κ3) is 5.99. The van der Waals surface area contributed by atoms with Crippen molar-refractivity contribution in [2.24, 2.45) is 0 Å². The van der Waals surface area contributed by atoms with Gasteiger partial charge < -0.3 is 26.0 Å². The zero-order valence-corrected chi connectivity index (χ0v) is 20.4. The molecule has 2 aromatic carbocycles. The molecule has 2 aliphatic rings. The van der Waals surface area contributed by atoms with Gasteiger partial charge in [-0.25, -0.2) is 9.97 Å². The van der Waals surface area contributed by atoms with Crippen molar-refractivity contribution in [3.63, 3.8) is 0 Å². The van der Waals surface area contributed by atoms with Crippen LogP contribution in [-0.2, 0) is 4.79 Å². The molecule has 3 aromatic rings. The van der Waals surface area contributed by atoms with Crippen LogP contribution in [-0.4, -0.2) is 77.8 Å². The van der Waals surface area contributed by atoms with Crippen molar-refractivity contribution in [1.29, 1.82) is 0 Å². The van der Waals surface area contributed by atoms with E-state index in [0.29, 0.717) is 5.95 Å². The Hall–Kier alpha value is -3.53. The SMILES string of the molecule is O=C(Nc1ccc(-c2ccnc(Nc3ccc(N4CCN(CCO)CC4)cc3)n2)cc1)[C@@H]1CCCN1. The number of aromatic nitrogens is 2. The van der Waals surface area contributed by atoms with E-state index in [9.17, 15) is 4.79 Å². The van der Waals surface area contributed by atoms with Crippen molar-refractivity contribution in [1.82, 2.24) is 20.2 Å². The van der Waals surface area contributed by atoms with Crippen molar-refractivity contribution in [2.75, 3.05) is 61.4 Å². The lowest BCUT2D eigenvalue weighted by Crippen LogP contribution is -2.47. The molecule has 0 spiro atoms. The minimum Gasteiger partial charge on any atom is -0.395 e. The summed E-state index contributed by atoms with van der Waals surface area (Å²) in [6.45, 7) is 5.70. The van der Waals surface area contributed by atoms with Gasteiger partial charge in [0.2, 0.25) is 11.9 Å². The Morgan fingerprint density at radius 3 is 2.44 bits per heavy atom. The fourth-order valence-electron chi connectivity index (χ4n) is 4.70. The van der Waals surface area contributed by atoms with E-state index in [1.807, 2.05) is 42.5 Å². The third-order valence-electron chi connectivity index (χ3n) is 6.76. The number of hydrogen-bond acceptors (Lipinski definition) is 8. The van der Waals surface area contributed by atoms with E-state index in [0.717, 1.165) is 74.7 Å². The minimum atomic E-state index is -0.101. The first-order valence-corrected chi connectivity index (χ1v) is 12.6. The van der Waals surface area contributed by atoms with Gasteiger partial charge in [0.25, 0.3) is 0 Å². The zero-order chi connectivity index (χ0) is 24.7. The van der Waals surface area contributed by atoms with Gasteiger partial charge in [0.05, 0.1) is 18.3 Å². The first kappa shape index (κ1) is 24.2. The molecule has 188 valence electrons. The van der Waals surface area contributed by atoms with Crippen LogP contribution in [0, 0.1) is 0 Å². The number of rotatable bonds is 8. The summed E-state index contributed by atoms with van der Waals surface area (Å²) in [4.78, 5) is 26.0. The van der Waals surface area contributed by atoms with E-state index >= 15 is 0 Å². The Balaban J connectivity index is 1.18. The maximum atomic E-state index is 12.3. The lowest BCUT2D eigenvalue weighted by Gasteiger charge is -2.35. The third-order valence-corrected chi connectivity index (χ3v) is 6.76. The van der Waals surface area contributed by atoms with E-state index in [4.69, 9.17) is 5.11 Å². The molecular weight excluding hydrogens is 454 g/mol. The number of nitrogens with one attached hydrogen (secondary N) is 3. The monoisotopic (exact) mass is 487 g/mol. The number of carbonyl (C=O) groups excluding carboxylic acids is 1. The minimum absolute atomic E-state index is 0.0174. The number of carbonyl (C=O) groups is 1. The van der Waals surface area contributed by atoms with Crippen molar-refractivity contribution in [2.45, 2.75) is 18.9 Å². The summed E-state index contributed by atoms with van der Waals surface area (Å²) in [5.41, 5.74) is 4.65. The highest BCUT2D eigenvalue weighted by molar-refractivity contribution is 5.95. The number of anilines is 4. The van der Waals surface area contributed by atoms with E-state index in [2.05, 4.69) is 47.9 Å². The molecule has 5 rings (SSSR count). The maximum absolute atomic E-state index is 12.3. The number of benzene rings is 2. The average Bonchev–Trinajstić information content (AvgIpc) is 3.46. The van der Waals surface area contributed by atoms with Crippen LogP contribution in [0.1, 0.15) is 12.8 Å². The van der Waals surface area contributed by atoms with Crippen LogP contribution in [0.3, 0.4) is 0 Å². The molecule has 1 atom stereocenters. The van der Waals surface area contributed by atoms with E-state index in [1.54, 1.807) is 6.20 Å². The number of aliphatic hydroxyl groups excluding tert-OH is 1. The molecule has 0 saturated carbocycles. The predicted molar refractivity (Wildman–Crippen MR) is 143 cm³/mol. The molecular formula is C27H33N7O2. The second-order valence-electron chi connectivity index (χ2n) is 9.21. The fourth-order valence-corrected chi connectivity index (χ4v) is 4.70. The van der Waals surface area contributed by atoms with Crippen molar-refractivity contribution < 1.29 is 9.90 Å². The Labute approximate surface area is 211 Å². The van der Waals surface area contributed by atoms with Crippen LogP contribution in [0.15, 0.2) is 60.8 Å². The van der Waals surface area contributed by atoms with Crippen molar-refractivity contribution in [3.05, 3.63) is 60.8 Å². The van der Waals surface area contributed by atoms with Gasteiger partial charge in [-0.1, -0.05) is 12.1 Å². The Morgan fingerprint density at radius 2 is 1.75 bits per heavy atom. The van der Waals surface area contributed by atoms with E-state index < -0.39 is 0 Å². The summed E-state index contributed by atoms with van der Waals surface area (Å²) >= 11 is 0. The first-order chi connectivity index (χ1) is 17.7. The van der Waals surface area contributed by atoms with Crippen LogP contribution in [0.25, 0.3) is 11.3 Å². The molecule has 0 unspecified atom stereocenters. The van der Waals surface area contributed by atoms with Gasteiger partial charge >= 0.3 is 0 Å². The van der Waals surface area contributed by atoms with Crippen LogP contribution < -0.4 is 20.9 Å². The fraction of sp³-hybridized carbons (Fsp3) is 0.370. The van der Waals surface area contributed by atoms with Crippen LogP contribution in [0.2, 0.25) is 0 Å². The molecule has 0 radical (unpaired) electrons. The maximum Gasteiger partial charge on any atom is 0.241 e. The Bertz CT molecular complexity index is 1140. The second-order valence-corrected chi connectivity index (χ2v) is 9.21. The van der Waals surface area contributed by atoms with Gasteiger partial charge in [-0.15, -0.1) is 0 Å². The highest BCUT2D eigenvalue weighted by atomic mass is 16.3. The highest BCUT2D eigenvalue weighted by Gasteiger charge is 2.22. The van der Waals surface area contributed by atoms with Crippen LogP contribution >= 0.6 is 0 Å². The summed E-state index contributed by atoms with van der Waals surface area (Å²) in [5.74, 6) is 0.548. The summed E-state index contributed by atoms with van der Waals surface area (Å²) < 4.78 is 0.